The molecular formula is C17H20F3N5O. The number of ether oxygens (including phenoxy) is 1. The Morgan fingerprint density at radius 2 is 2.00 bits per heavy atom. The number of pyridine rings is 2. The van der Waals surface area contributed by atoms with Crippen LogP contribution >= 0.6 is 0 Å². The molecule has 2 heterocycles. The Balaban J connectivity index is 1.73. The number of rotatable bonds is 7. The molecule has 26 heavy (non-hydrogen) atoms. The summed E-state index contributed by atoms with van der Waals surface area (Å²) < 4.78 is 40.8. The number of hydrogen-bond acceptors (Lipinski definition) is 4. The molecule has 0 saturated heterocycles. The van der Waals surface area contributed by atoms with Crippen LogP contribution in [0.1, 0.15) is 11.3 Å². The van der Waals surface area contributed by atoms with Gasteiger partial charge >= 0.3 is 6.18 Å². The first kappa shape index (κ1) is 19.5. The lowest BCUT2D eigenvalue weighted by Gasteiger charge is -2.12. The molecule has 0 spiro atoms. The molecule has 9 heteroatoms. The summed E-state index contributed by atoms with van der Waals surface area (Å²) in [4.78, 5) is 12.2. The number of aliphatic imine (C=N–C) groups is 1. The SMILES string of the molecule is CN=C(NCCc1ccccn1)NCc1ccc(OCC(F)(F)F)nc1. The van der Waals surface area contributed by atoms with E-state index in [0.29, 0.717) is 19.0 Å². The molecule has 0 bridgehead atoms. The number of nitrogens with zero attached hydrogens (tertiary/aromatic N) is 3. The Morgan fingerprint density at radius 3 is 2.62 bits per heavy atom. The molecule has 0 fully saturated rings. The lowest BCUT2D eigenvalue weighted by atomic mass is 10.3. The second kappa shape index (κ2) is 9.59. The van der Waals surface area contributed by atoms with Gasteiger partial charge in [-0.25, -0.2) is 4.98 Å². The molecule has 0 aliphatic rings. The summed E-state index contributed by atoms with van der Waals surface area (Å²) in [6, 6.07) is 8.80. The molecule has 0 aliphatic heterocycles. The van der Waals surface area contributed by atoms with E-state index in [-0.39, 0.29) is 5.88 Å². The van der Waals surface area contributed by atoms with Crippen molar-refractivity contribution in [3.05, 3.63) is 54.0 Å². The Kier molecular flexibility index (Phi) is 7.19. The molecule has 2 aromatic heterocycles. The van der Waals surface area contributed by atoms with E-state index in [4.69, 9.17) is 0 Å². The van der Waals surface area contributed by atoms with Crippen LogP contribution in [0.15, 0.2) is 47.7 Å². The van der Waals surface area contributed by atoms with Gasteiger partial charge in [-0.3, -0.25) is 9.98 Å². The Hall–Kier alpha value is -2.84. The molecule has 0 saturated carbocycles. The van der Waals surface area contributed by atoms with Gasteiger partial charge < -0.3 is 15.4 Å². The summed E-state index contributed by atoms with van der Waals surface area (Å²) in [6.45, 7) is -0.264. The van der Waals surface area contributed by atoms with Crippen LogP contribution in [0.25, 0.3) is 0 Å². The summed E-state index contributed by atoms with van der Waals surface area (Å²) in [5.74, 6) is 0.544. The number of alkyl halides is 3. The first-order valence-corrected chi connectivity index (χ1v) is 7.95. The molecule has 6 nitrogen and oxygen atoms in total. The van der Waals surface area contributed by atoms with E-state index >= 15 is 0 Å². The van der Waals surface area contributed by atoms with Gasteiger partial charge in [-0.2, -0.15) is 13.2 Å². The van der Waals surface area contributed by atoms with Crippen LogP contribution in [-0.2, 0) is 13.0 Å². The van der Waals surface area contributed by atoms with E-state index < -0.39 is 12.8 Å². The smallest absolute Gasteiger partial charge is 0.422 e. The zero-order valence-electron chi connectivity index (χ0n) is 14.3. The van der Waals surface area contributed by atoms with Crippen LogP contribution < -0.4 is 15.4 Å². The van der Waals surface area contributed by atoms with Gasteiger partial charge in [-0.05, 0) is 17.7 Å². The highest BCUT2D eigenvalue weighted by Crippen LogP contribution is 2.16. The highest BCUT2D eigenvalue weighted by molar-refractivity contribution is 5.79. The Morgan fingerprint density at radius 1 is 1.15 bits per heavy atom. The highest BCUT2D eigenvalue weighted by Gasteiger charge is 2.28. The van der Waals surface area contributed by atoms with Crippen molar-refractivity contribution in [2.75, 3.05) is 20.2 Å². The van der Waals surface area contributed by atoms with Crippen molar-refractivity contribution in [1.29, 1.82) is 0 Å². The normalized spacial score (nSPS) is 11.9. The van der Waals surface area contributed by atoms with E-state index in [2.05, 4.69) is 30.3 Å². The Labute approximate surface area is 149 Å². The zero-order valence-corrected chi connectivity index (χ0v) is 14.3. The summed E-state index contributed by atoms with van der Waals surface area (Å²) >= 11 is 0. The number of nitrogens with one attached hydrogen (secondary N) is 2. The third-order valence-electron chi connectivity index (χ3n) is 3.26. The van der Waals surface area contributed by atoms with E-state index in [9.17, 15) is 13.2 Å². The van der Waals surface area contributed by atoms with Gasteiger partial charge in [0.05, 0.1) is 0 Å². The van der Waals surface area contributed by atoms with E-state index in [1.165, 1.54) is 12.3 Å². The monoisotopic (exact) mass is 367 g/mol. The maximum atomic E-state index is 12.1. The number of aromatic nitrogens is 2. The van der Waals surface area contributed by atoms with E-state index in [1.807, 2.05) is 18.2 Å². The summed E-state index contributed by atoms with van der Waals surface area (Å²) in [7, 11) is 1.66. The van der Waals surface area contributed by atoms with Crippen LogP contribution in [0.5, 0.6) is 5.88 Å². The predicted molar refractivity (Wildman–Crippen MR) is 91.9 cm³/mol. The standard InChI is InChI=1S/C17H20F3N5O/c1-21-16(23-9-7-14-4-2-3-8-22-14)25-11-13-5-6-15(24-10-13)26-12-17(18,19)20/h2-6,8,10H,7,9,11-12H2,1H3,(H2,21,23,25). The first-order valence-electron chi connectivity index (χ1n) is 7.95. The van der Waals surface area contributed by atoms with Crippen molar-refractivity contribution in [2.24, 2.45) is 4.99 Å². The van der Waals surface area contributed by atoms with Crippen molar-refractivity contribution < 1.29 is 17.9 Å². The third kappa shape index (κ3) is 7.37. The average Bonchev–Trinajstić information content (AvgIpc) is 2.64. The quantitative estimate of drug-likeness (QED) is 0.581. The van der Waals surface area contributed by atoms with Crippen molar-refractivity contribution in [3.63, 3.8) is 0 Å². The van der Waals surface area contributed by atoms with Crippen LogP contribution in [0.2, 0.25) is 0 Å². The number of halogens is 3. The maximum absolute atomic E-state index is 12.1. The molecule has 140 valence electrons. The molecule has 0 aliphatic carbocycles. The first-order chi connectivity index (χ1) is 12.5. The number of guanidine groups is 1. The summed E-state index contributed by atoms with van der Waals surface area (Å²) in [5, 5.41) is 6.27. The van der Waals surface area contributed by atoms with Gasteiger partial charge in [-0.15, -0.1) is 0 Å². The van der Waals surface area contributed by atoms with Gasteiger partial charge in [0, 0.05) is 50.7 Å². The average molecular weight is 367 g/mol. The zero-order chi connectivity index (χ0) is 18.8. The fourth-order valence-electron chi connectivity index (χ4n) is 2.02. The second-order valence-electron chi connectivity index (χ2n) is 5.33. The van der Waals surface area contributed by atoms with Gasteiger partial charge in [0.1, 0.15) is 0 Å². The number of hydrogen-bond donors (Lipinski definition) is 2. The molecule has 0 radical (unpaired) electrons. The molecular weight excluding hydrogens is 347 g/mol. The molecule has 2 aromatic rings. The molecule has 0 amide bonds. The minimum atomic E-state index is -4.38. The Bertz CT molecular complexity index is 690. The van der Waals surface area contributed by atoms with Crippen molar-refractivity contribution in [1.82, 2.24) is 20.6 Å². The van der Waals surface area contributed by atoms with E-state index in [0.717, 1.165) is 17.7 Å². The molecule has 0 unspecified atom stereocenters. The lowest BCUT2D eigenvalue weighted by Crippen LogP contribution is -2.37. The molecule has 0 aromatic carbocycles. The van der Waals surface area contributed by atoms with Crippen molar-refractivity contribution in [3.8, 4) is 5.88 Å². The third-order valence-corrected chi connectivity index (χ3v) is 3.26. The van der Waals surface area contributed by atoms with Gasteiger partial charge in [0.25, 0.3) is 0 Å². The fourth-order valence-corrected chi connectivity index (χ4v) is 2.02. The van der Waals surface area contributed by atoms with Crippen LogP contribution in [0, 0.1) is 0 Å². The summed E-state index contributed by atoms with van der Waals surface area (Å²) in [5.41, 5.74) is 1.77. The second-order valence-corrected chi connectivity index (χ2v) is 5.33. The summed E-state index contributed by atoms with van der Waals surface area (Å²) in [6.07, 6.45) is -0.416. The largest absolute Gasteiger partial charge is 0.468 e. The minimum Gasteiger partial charge on any atom is -0.468 e. The topological polar surface area (TPSA) is 71.4 Å². The van der Waals surface area contributed by atoms with Crippen molar-refractivity contribution >= 4 is 5.96 Å². The van der Waals surface area contributed by atoms with Crippen LogP contribution in [0.4, 0.5) is 13.2 Å². The minimum absolute atomic E-state index is 0.0658. The van der Waals surface area contributed by atoms with Crippen LogP contribution in [0.3, 0.4) is 0 Å². The van der Waals surface area contributed by atoms with Gasteiger partial charge in [0.2, 0.25) is 5.88 Å². The fraction of sp³-hybridized carbons (Fsp3) is 0.353. The van der Waals surface area contributed by atoms with Crippen LogP contribution in [-0.4, -0.2) is 42.3 Å². The lowest BCUT2D eigenvalue weighted by molar-refractivity contribution is -0.154. The predicted octanol–water partition coefficient (Wildman–Crippen LogP) is 2.33. The maximum Gasteiger partial charge on any atom is 0.422 e. The molecule has 2 N–H and O–H groups in total. The van der Waals surface area contributed by atoms with E-state index in [1.54, 1.807) is 19.3 Å². The molecule has 2 rings (SSSR count). The van der Waals surface area contributed by atoms with Crippen molar-refractivity contribution in [2.45, 2.75) is 19.1 Å². The highest BCUT2D eigenvalue weighted by atomic mass is 19.4. The molecule has 0 atom stereocenters. The van der Waals surface area contributed by atoms with Gasteiger partial charge in [0.15, 0.2) is 12.6 Å². The van der Waals surface area contributed by atoms with Gasteiger partial charge in [-0.1, -0.05) is 12.1 Å².